The van der Waals surface area contributed by atoms with Gasteiger partial charge in [0.15, 0.2) is 11.4 Å². The van der Waals surface area contributed by atoms with Crippen LogP contribution in [0.2, 0.25) is 0 Å². The Morgan fingerprint density at radius 2 is 2.05 bits per heavy atom. The zero-order chi connectivity index (χ0) is 14.7. The number of nitrogens with zero attached hydrogens (tertiary/aromatic N) is 1. The van der Waals surface area contributed by atoms with Gasteiger partial charge in [0.1, 0.15) is 12.6 Å². The van der Waals surface area contributed by atoms with Crippen molar-refractivity contribution in [2.24, 2.45) is 10.9 Å². The number of benzene rings is 1. The average molecular weight is 282 g/mol. The van der Waals surface area contributed by atoms with Gasteiger partial charge in [-0.2, -0.15) is 0 Å². The van der Waals surface area contributed by atoms with Crippen LogP contribution in [0.4, 0.5) is 0 Å². The summed E-state index contributed by atoms with van der Waals surface area (Å²) in [5, 5.41) is 0. The Morgan fingerprint density at radius 1 is 1.24 bits per heavy atom. The van der Waals surface area contributed by atoms with E-state index in [0.29, 0.717) is 6.61 Å². The molecule has 0 aliphatic carbocycles. The lowest BCUT2D eigenvalue weighted by atomic mass is 9.87. The monoisotopic (exact) mass is 282 g/mol. The highest BCUT2D eigenvalue weighted by Gasteiger charge is 2.41. The number of ether oxygens (including phenoxy) is 2. The molecule has 1 aromatic carbocycles. The second-order valence-electron chi connectivity index (χ2n) is 5.75. The van der Waals surface area contributed by atoms with E-state index in [9.17, 15) is 0 Å². The van der Waals surface area contributed by atoms with Crippen molar-refractivity contribution < 1.29 is 9.47 Å². The minimum absolute atomic E-state index is 0.0276. The summed E-state index contributed by atoms with van der Waals surface area (Å²) in [6, 6.07) is 10.3. The van der Waals surface area contributed by atoms with E-state index in [1.807, 2.05) is 50.5 Å². The van der Waals surface area contributed by atoms with Gasteiger partial charge in [0.25, 0.3) is 0 Å². The van der Waals surface area contributed by atoms with Gasteiger partial charge in [0.2, 0.25) is 0 Å². The lowest BCUT2D eigenvalue weighted by molar-refractivity contribution is -0.290. The van der Waals surface area contributed by atoms with Crippen molar-refractivity contribution in [2.45, 2.75) is 32.2 Å². The predicted octanol–water partition coefficient (Wildman–Crippen LogP) is 3.84. The molecule has 0 amide bonds. The number of aliphatic imine (C=N–C) groups is 1. The van der Waals surface area contributed by atoms with Crippen molar-refractivity contribution in [2.75, 3.05) is 6.61 Å². The van der Waals surface area contributed by atoms with Crippen LogP contribution in [0.1, 0.15) is 31.9 Å². The van der Waals surface area contributed by atoms with Crippen LogP contribution in [0, 0.1) is 12.0 Å². The number of hydrogen-bond acceptors (Lipinski definition) is 3. The lowest BCUT2D eigenvalue weighted by Crippen LogP contribution is -2.41. The molecule has 0 saturated carbocycles. The van der Waals surface area contributed by atoms with Gasteiger partial charge < -0.3 is 9.47 Å². The first-order chi connectivity index (χ1) is 10.2. The van der Waals surface area contributed by atoms with E-state index in [1.54, 1.807) is 0 Å². The molecule has 0 radical (unpaired) electrons. The van der Waals surface area contributed by atoms with Crippen molar-refractivity contribution in [1.82, 2.24) is 0 Å². The molecule has 0 N–H and O–H groups in total. The molecule has 2 aliphatic heterocycles. The zero-order valence-electron chi connectivity index (χ0n) is 12.5. The molecule has 1 saturated heterocycles. The summed E-state index contributed by atoms with van der Waals surface area (Å²) in [5.41, 5.74) is 2.28. The van der Waals surface area contributed by atoms with Gasteiger partial charge >= 0.3 is 0 Å². The van der Waals surface area contributed by atoms with Crippen molar-refractivity contribution in [3.8, 4) is 0 Å². The minimum Gasteiger partial charge on any atom is -0.350 e. The molecule has 2 aliphatic rings. The topological polar surface area (TPSA) is 30.8 Å². The van der Waals surface area contributed by atoms with E-state index in [-0.39, 0.29) is 12.0 Å². The maximum atomic E-state index is 6.21. The normalized spacial score (nSPS) is 27.6. The maximum Gasteiger partial charge on any atom is 0.177 e. The van der Waals surface area contributed by atoms with Crippen LogP contribution in [0.3, 0.4) is 0 Å². The van der Waals surface area contributed by atoms with Crippen molar-refractivity contribution in [3.05, 3.63) is 59.8 Å². The largest absolute Gasteiger partial charge is 0.350 e. The van der Waals surface area contributed by atoms with E-state index >= 15 is 0 Å². The molecule has 1 aromatic rings. The van der Waals surface area contributed by atoms with Gasteiger partial charge in [-0.15, -0.1) is 0 Å². The van der Waals surface area contributed by atoms with Crippen molar-refractivity contribution in [3.63, 3.8) is 0 Å². The van der Waals surface area contributed by atoms with E-state index in [4.69, 9.17) is 9.47 Å². The van der Waals surface area contributed by atoms with Crippen LogP contribution in [0.5, 0.6) is 0 Å². The van der Waals surface area contributed by atoms with Crippen LogP contribution in [-0.2, 0) is 9.47 Å². The maximum absolute atomic E-state index is 6.21. The SMILES string of the molecule is CC1(C)OC[C@H](C2=[C+]CC=NC=C2)[C@@H](c2ccccc2)O1. The summed E-state index contributed by atoms with van der Waals surface area (Å²) in [6.07, 6.45) is 9.78. The highest BCUT2D eigenvalue weighted by molar-refractivity contribution is 5.60. The molecule has 108 valence electrons. The van der Waals surface area contributed by atoms with Crippen LogP contribution >= 0.6 is 0 Å². The van der Waals surface area contributed by atoms with Crippen LogP contribution in [-0.4, -0.2) is 18.6 Å². The van der Waals surface area contributed by atoms with Gasteiger partial charge in [0.05, 0.1) is 30.8 Å². The van der Waals surface area contributed by atoms with Gasteiger partial charge in [0, 0.05) is 6.21 Å². The first kappa shape index (κ1) is 14.2. The highest BCUT2D eigenvalue weighted by atomic mass is 16.7. The van der Waals surface area contributed by atoms with Crippen molar-refractivity contribution in [1.29, 1.82) is 0 Å². The van der Waals surface area contributed by atoms with Crippen LogP contribution in [0.25, 0.3) is 0 Å². The van der Waals surface area contributed by atoms with E-state index in [2.05, 4.69) is 23.2 Å². The molecule has 2 heterocycles. The highest BCUT2D eigenvalue weighted by Crippen LogP contribution is 2.40. The fourth-order valence-corrected chi connectivity index (χ4v) is 2.71. The molecule has 3 rings (SSSR count). The molecule has 2 atom stereocenters. The summed E-state index contributed by atoms with van der Waals surface area (Å²) in [4.78, 5) is 4.17. The van der Waals surface area contributed by atoms with Gasteiger partial charge in [-0.05, 0) is 19.4 Å². The molecule has 3 nitrogen and oxygen atoms in total. The van der Waals surface area contributed by atoms with Crippen LogP contribution in [0.15, 0.2) is 53.2 Å². The second kappa shape index (κ2) is 5.90. The molecule has 1 fully saturated rings. The molecular weight excluding hydrogens is 262 g/mol. The Kier molecular flexibility index (Phi) is 3.98. The van der Waals surface area contributed by atoms with Gasteiger partial charge in [-0.3, -0.25) is 0 Å². The first-order valence-corrected chi connectivity index (χ1v) is 7.31. The van der Waals surface area contributed by atoms with E-state index in [1.165, 1.54) is 5.56 Å². The Hall–Kier alpha value is -1.80. The Morgan fingerprint density at radius 3 is 2.86 bits per heavy atom. The summed E-state index contributed by atoms with van der Waals surface area (Å²) < 4.78 is 12.1. The molecular formula is C18H20NO2+. The Labute approximate surface area is 126 Å². The predicted molar refractivity (Wildman–Crippen MR) is 82.8 cm³/mol. The smallest absolute Gasteiger partial charge is 0.177 e. The summed E-state index contributed by atoms with van der Waals surface area (Å²) in [7, 11) is 0. The Balaban J connectivity index is 1.92. The number of hydrogen-bond donors (Lipinski definition) is 0. The quantitative estimate of drug-likeness (QED) is 0.771. The molecule has 21 heavy (non-hydrogen) atoms. The second-order valence-corrected chi connectivity index (χ2v) is 5.75. The molecule has 0 aromatic heterocycles. The average Bonchev–Trinajstić information content (AvgIpc) is 2.76. The summed E-state index contributed by atoms with van der Waals surface area (Å²) >= 11 is 0. The number of allylic oxidation sites excluding steroid dienone is 2. The lowest BCUT2D eigenvalue weighted by Gasteiger charge is -2.40. The van der Waals surface area contributed by atoms with Crippen molar-refractivity contribution >= 4 is 6.21 Å². The van der Waals surface area contributed by atoms with Gasteiger partial charge in [-0.25, -0.2) is 4.99 Å². The molecule has 3 heteroatoms. The third-order valence-electron chi connectivity index (χ3n) is 3.76. The standard InChI is InChI=1S/C18H20NO2/c1-18(2)20-13-16(14-9-6-11-19-12-10-14)17(21-18)15-7-4-3-5-8-15/h3-5,7-8,10-12,16-17H,6,13H2,1-2H3/q+1/t16-,17-/m1/s1. The molecule has 0 unspecified atom stereocenters. The van der Waals surface area contributed by atoms with E-state index in [0.717, 1.165) is 12.0 Å². The Bertz CT molecular complexity index is 572. The third-order valence-corrected chi connectivity index (χ3v) is 3.76. The minimum atomic E-state index is -0.567. The van der Waals surface area contributed by atoms with Gasteiger partial charge in [-0.1, -0.05) is 30.3 Å². The zero-order valence-corrected chi connectivity index (χ0v) is 12.5. The third kappa shape index (κ3) is 3.27. The van der Waals surface area contributed by atoms with E-state index < -0.39 is 5.79 Å². The molecule has 0 bridgehead atoms. The molecule has 0 spiro atoms. The number of rotatable bonds is 2. The fraction of sp³-hybridized carbons (Fsp3) is 0.389. The van der Waals surface area contributed by atoms with Crippen LogP contribution < -0.4 is 0 Å². The summed E-state index contributed by atoms with van der Waals surface area (Å²) in [6.45, 7) is 4.55. The fourth-order valence-electron chi connectivity index (χ4n) is 2.71. The first-order valence-electron chi connectivity index (χ1n) is 7.31. The summed E-state index contributed by atoms with van der Waals surface area (Å²) in [5.74, 6) is -0.430.